The van der Waals surface area contributed by atoms with Crippen LogP contribution in [0.25, 0.3) is 0 Å². The molecule has 0 saturated heterocycles. The third kappa shape index (κ3) is 1.16. The average molecular weight is 196 g/mol. The van der Waals surface area contributed by atoms with Gasteiger partial charge < -0.3 is 15.6 Å². The minimum Gasteiger partial charge on any atom is -0.508 e. The second-order valence-corrected chi connectivity index (χ2v) is 3.05. The number of phenolic OH excluding ortho intramolecular Hbond substituents is 1. The fourth-order valence-corrected chi connectivity index (χ4v) is 1.50. The van der Waals surface area contributed by atoms with E-state index in [1.54, 1.807) is 0 Å². The number of nitrogens with zero attached hydrogens (tertiary/aromatic N) is 1. The molecule has 0 radical (unpaired) electrons. The number of aromatic hydroxyl groups is 1. The first-order chi connectivity index (χ1) is 6.59. The van der Waals surface area contributed by atoms with E-state index < -0.39 is 11.0 Å². The zero-order valence-electron chi connectivity index (χ0n) is 7.14. The molecule has 1 aromatic carbocycles. The Morgan fingerprint density at radius 1 is 1.64 bits per heavy atom. The fourth-order valence-electron chi connectivity index (χ4n) is 1.50. The van der Waals surface area contributed by atoms with Crippen molar-refractivity contribution >= 4 is 5.69 Å². The van der Waals surface area contributed by atoms with E-state index in [0.717, 1.165) is 6.07 Å². The summed E-state index contributed by atoms with van der Waals surface area (Å²) < 4.78 is 5.09. The number of benzene rings is 1. The molecule has 1 aromatic rings. The van der Waals surface area contributed by atoms with Gasteiger partial charge in [0.15, 0.2) is 0 Å². The molecule has 1 unspecified atom stereocenters. The summed E-state index contributed by atoms with van der Waals surface area (Å²) in [5.41, 5.74) is 5.79. The van der Waals surface area contributed by atoms with Crippen LogP contribution in [0.5, 0.6) is 11.5 Å². The molecule has 3 N–H and O–H groups in total. The van der Waals surface area contributed by atoms with Crippen LogP contribution in [0.15, 0.2) is 12.1 Å². The third-order valence-corrected chi connectivity index (χ3v) is 2.09. The van der Waals surface area contributed by atoms with Crippen LogP contribution in [0.3, 0.4) is 0 Å². The molecule has 1 heterocycles. The summed E-state index contributed by atoms with van der Waals surface area (Å²) in [6.07, 6.45) is 0. The van der Waals surface area contributed by atoms with Crippen molar-refractivity contribution < 1.29 is 14.8 Å². The second kappa shape index (κ2) is 2.85. The molecule has 0 bridgehead atoms. The number of nitrogens with two attached hydrogens (primary N) is 1. The highest BCUT2D eigenvalue weighted by atomic mass is 16.6. The van der Waals surface area contributed by atoms with Gasteiger partial charge in [-0.25, -0.2) is 0 Å². The molecule has 0 aromatic heterocycles. The Morgan fingerprint density at radius 3 is 3.00 bits per heavy atom. The molecule has 0 amide bonds. The van der Waals surface area contributed by atoms with Crippen LogP contribution in [0, 0.1) is 10.1 Å². The smallest absolute Gasteiger partial charge is 0.281 e. The molecule has 74 valence electrons. The molecule has 1 aliphatic heterocycles. The van der Waals surface area contributed by atoms with Gasteiger partial charge in [0.1, 0.15) is 18.1 Å². The van der Waals surface area contributed by atoms with Crippen molar-refractivity contribution in [2.24, 2.45) is 5.73 Å². The van der Waals surface area contributed by atoms with Gasteiger partial charge in [-0.05, 0) is 0 Å². The van der Waals surface area contributed by atoms with E-state index in [1.807, 2.05) is 0 Å². The first-order valence-electron chi connectivity index (χ1n) is 3.99. The summed E-state index contributed by atoms with van der Waals surface area (Å²) >= 11 is 0. The number of nitro benzene ring substituents is 1. The summed E-state index contributed by atoms with van der Waals surface area (Å²) in [5, 5.41) is 19.8. The Balaban J connectivity index is 2.65. The van der Waals surface area contributed by atoms with Crippen LogP contribution < -0.4 is 10.5 Å². The van der Waals surface area contributed by atoms with E-state index in [1.165, 1.54) is 6.07 Å². The first kappa shape index (κ1) is 8.76. The number of fused-ring (bicyclic) bond motifs is 1. The average Bonchev–Trinajstić information content (AvgIpc) is 2.46. The highest BCUT2D eigenvalue weighted by Gasteiger charge is 2.30. The van der Waals surface area contributed by atoms with Crippen molar-refractivity contribution in [3.8, 4) is 11.5 Å². The van der Waals surface area contributed by atoms with E-state index in [2.05, 4.69) is 0 Å². The lowest BCUT2D eigenvalue weighted by Crippen LogP contribution is -2.12. The summed E-state index contributed by atoms with van der Waals surface area (Å²) in [6, 6.07) is 1.91. The van der Waals surface area contributed by atoms with E-state index in [0.29, 0.717) is 11.3 Å². The zero-order chi connectivity index (χ0) is 10.3. The van der Waals surface area contributed by atoms with Crippen LogP contribution in [-0.2, 0) is 0 Å². The van der Waals surface area contributed by atoms with Crippen LogP contribution in [-0.4, -0.2) is 16.6 Å². The Hall–Kier alpha value is -1.82. The van der Waals surface area contributed by atoms with Gasteiger partial charge >= 0.3 is 0 Å². The summed E-state index contributed by atoms with van der Waals surface area (Å²) in [4.78, 5) is 10.1. The zero-order valence-corrected chi connectivity index (χ0v) is 7.14. The maximum atomic E-state index is 10.6. The minimum atomic E-state index is -0.576. The second-order valence-electron chi connectivity index (χ2n) is 3.05. The summed E-state index contributed by atoms with van der Waals surface area (Å²) in [7, 11) is 0. The van der Waals surface area contributed by atoms with Crippen LogP contribution in [0.2, 0.25) is 0 Å². The SMILES string of the molecule is NC1COc2cc(O)cc([N+](=O)[O-])c21. The molecule has 14 heavy (non-hydrogen) atoms. The summed E-state index contributed by atoms with van der Waals surface area (Å²) in [5.74, 6) is 0.105. The van der Waals surface area contributed by atoms with Gasteiger partial charge in [-0.1, -0.05) is 0 Å². The molecule has 0 spiro atoms. The molecule has 0 fully saturated rings. The number of nitro groups is 1. The molecule has 2 rings (SSSR count). The monoisotopic (exact) mass is 196 g/mol. The molecule has 6 heteroatoms. The molecule has 0 saturated carbocycles. The van der Waals surface area contributed by atoms with Gasteiger partial charge in [0.05, 0.1) is 22.6 Å². The van der Waals surface area contributed by atoms with Crippen molar-refractivity contribution in [2.45, 2.75) is 6.04 Å². The van der Waals surface area contributed by atoms with Gasteiger partial charge in [0.2, 0.25) is 0 Å². The lowest BCUT2D eigenvalue weighted by Gasteiger charge is -2.02. The predicted molar refractivity (Wildman–Crippen MR) is 47.2 cm³/mol. The van der Waals surface area contributed by atoms with Gasteiger partial charge in [-0.3, -0.25) is 10.1 Å². The van der Waals surface area contributed by atoms with E-state index in [4.69, 9.17) is 10.5 Å². The normalized spacial score (nSPS) is 18.8. The standard InChI is InChI=1S/C8H8N2O4/c9-5-3-14-7-2-4(11)1-6(8(5)7)10(12)13/h1-2,5,11H,3,9H2. The van der Waals surface area contributed by atoms with Crippen LogP contribution in [0.1, 0.15) is 11.6 Å². The van der Waals surface area contributed by atoms with Crippen molar-refractivity contribution in [3.63, 3.8) is 0 Å². The number of hydrogen-bond acceptors (Lipinski definition) is 5. The molecule has 6 nitrogen and oxygen atoms in total. The molecule has 1 aliphatic rings. The minimum absolute atomic E-state index is 0.190. The number of ether oxygens (including phenoxy) is 1. The molecule has 1 atom stereocenters. The first-order valence-corrected chi connectivity index (χ1v) is 3.99. The quantitative estimate of drug-likeness (QED) is 0.508. The highest BCUT2D eigenvalue weighted by Crippen LogP contribution is 2.40. The molecular formula is C8H8N2O4. The van der Waals surface area contributed by atoms with Crippen LogP contribution >= 0.6 is 0 Å². The third-order valence-electron chi connectivity index (χ3n) is 2.09. The Kier molecular flexibility index (Phi) is 1.78. The van der Waals surface area contributed by atoms with Crippen LogP contribution in [0.4, 0.5) is 5.69 Å². The predicted octanol–water partition coefficient (Wildman–Crippen LogP) is 0.693. The maximum absolute atomic E-state index is 10.6. The summed E-state index contributed by atoms with van der Waals surface area (Å²) in [6.45, 7) is 0.208. The van der Waals surface area contributed by atoms with Crippen molar-refractivity contribution in [1.82, 2.24) is 0 Å². The van der Waals surface area contributed by atoms with Crippen molar-refractivity contribution in [2.75, 3.05) is 6.61 Å². The van der Waals surface area contributed by atoms with E-state index in [9.17, 15) is 15.2 Å². The van der Waals surface area contributed by atoms with Gasteiger partial charge in [-0.15, -0.1) is 0 Å². The van der Waals surface area contributed by atoms with Crippen molar-refractivity contribution in [3.05, 3.63) is 27.8 Å². The van der Waals surface area contributed by atoms with Gasteiger partial charge in [0.25, 0.3) is 5.69 Å². The lowest BCUT2D eigenvalue weighted by atomic mass is 10.1. The lowest BCUT2D eigenvalue weighted by molar-refractivity contribution is -0.385. The molecular weight excluding hydrogens is 188 g/mol. The van der Waals surface area contributed by atoms with Crippen molar-refractivity contribution in [1.29, 1.82) is 0 Å². The number of phenols is 1. The molecule has 0 aliphatic carbocycles. The topological polar surface area (TPSA) is 98.6 Å². The van der Waals surface area contributed by atoms with Gasteiger partial charge in [0, 0.05) is 6.07 Å². The highest BCUT2D eigenvalue weighted by molar-refractivity contribution is 5.57. The number of hydrogen-bond donors (Lipinski definition) is 2. The van der Waals surface area contributed by atoms with E-state index >= 15 is 0 Å². The fraction of sp³-hybridized carbons (Fsp3) is 0.250. The Bertz CT molecular complexity index is 405. The Morgan fingerprint density at radius 2 is 2.36 bits per heavy atom. The van der Waals surface area contributed by atoms with E-state index in [-0.39, 0.29) is 18.0 Å². The largest absolute Gasteiger partial charge is 0.508 e. The number of rotatable bonds is 1. The maximum Gasteiger partial charge on any atom is 0.281 e. The Labute approximate surface area is 79.1 Å². The van der Waals surface area contributed by atoms with Gasteiger partial charge in [-0.2, -0.15) is 0 Å².